The number of rotatable bonds is 6. The molecule has 0 aromatic rings. The molecule has 0 radical (unpaired) electrons. The van der Waals surface area contributed by atoms with Crippen LogP contribution in [0.4, 0.5) is 0 Å². The van der Waals surface area contributed by atoms with E-state index in [1.807, 2.05) is 6.92 Å². The number of fused-ring (bicyclic) bond motifs is 1. The monoisotopic (exact) mass is 522 g/mol. The normalized spacial score (nSPS) is 39.8. The Morgan fingerprint density at radius 3 is 2.68 bits per heavy atom. The zero-order valence-electron chi connectivity index (χ0n) is 20.2. The van der Waals surface area contributed by atoms with Crippen molar-refractivity contribution in [3.63, 3.8) is 0 Å². The standard InChI is InChI=1S/C25H30O12/c1-3-13-14-5-7-31-21(29)15(14)9-33-23(13)37-25-20(28)19(27)18(26)16(36-25)10-34-24-17-12(8-11(2)35-24)4-6-32-22(17)30/h3,5,9,11,13,16,18-20,23-28H,1,4,6-8,10H2,2H3/t11-,13+,16+,18+,19-,20+,23-,24-,25-/m0/s1. The molecule has 5 rings (SSSR count). The number of aliphatic hydroxyl groups excluding tert-OH is 3. The van der Waals surface area contributed by atoms with Gasteiger partial charge in [-0.05, 0) is 30.6 Å². The second kappa shape index (κ2) is 10.7. The number of cyclic esters (lactones) is 2. The zero-order chi connectivity index (χ0) is 26.3. The van der Waals surface area contributed by atoms with Crippen molar-refractivity contribution < 1.29 is 58.1 Å². The molecule has 5 aliphatic rings. The zero-order valence-corrected chi connectivity index (χ0v) is 20.2. The molecular formula is C25H30O12. The Hall–Kier alpha value is -2.58. The molecular weight excluding hydrogens is 492 g/mol. The molecule has 9 atom stereocenters. The molecule has 5 aliphatic heterocycles. The maximum atomic E-state index is 12.3. The van der Waals surface area contributed by atoms with Crippen LogP contribution in [0.25, 0.3) is 0 Å². The molecule has 1 saturated heterocycles. The third-order valence-corrected chi connectivity index (χ3v) is 6.99. The topological polar surface area (TPSA) is 159 Å². The third kappa shape index (κ3) is 4.98. The van der Waals surface area contributed by atoms with Crippen molar-refractivity contribution in [3.05, 3.63) is 47.3 Å². The molecule has 0 saturated carbocycles. The van der Waals surface area contributed by atoms with Crippen LogP contribution in [0.5, 0.6) is 0 Å². The SMILES string of the molecule is C=C[C@@H]1C2=CCOC(=O)C2=CO[C@H]1O[C@@H]1O[C@H](CO[C@H]2O[C@@H](C)CC3=C2C(=O)OCC3)[C@@H](O)[C@H](O)[C@H]1O. The van der Waals surface area contributed by atoms with Gasteiger partial charge in [0.1, 0.15) is 37.3 Å². The van der Waals surface area contributed by atoms with Crippen molar-refractivity contribution in [3.8, 4) is 0 Å². The minimum atomic E-state index is -1.63. The Bertz CT molecular complexity index is 1030. The number of hydrogen-bond acceptors (Lipinski definition) is 12. The van der Waals surface area contributed by atoms with E-state index in [0.717, 1.165) is 5.57 Å². The third-order valence-electron chi connectivity index (χ3n) is 6.99. The number of aliphatic hydroxyl groups is 3. The summed E-state index contributed by atoms with van der Waals surface area (Å²) in [7, 11) is 0. The molecule has 0 aromatic heterocycles. The van der Waals surface area contributed by atoms with Gasteiger partial charge in [-0.2, -0.15) is 0 Å². The Morgan fingerprint density at radius 2 is 1.89 bits per heavy atom. The smallest absolute Gasteiger partial charge is 0.341 e. The van der Waals surface area contributed by atoms with Crippen LogP contribution in [0.15, 0.2) is 47.3 Å². The molecule has 0 spiro atoms. The molecule has 202 valence electrons. The average molecular weight is 523 g/mol. The molecule has 0 unspecified atom stereocenters. The highest BCUT2D eigenvalue weighted by Crippen LogP contribution is 2.36. The lowest BCUT2D eigenvalue weighted by Gasteiger charge is -2.43. The fourth-order valence-corrected chi connectivity index (χ4v) is 5.04. The van der Waals surface area contributed by atoms with E-state index in [-0.39, 0.29) is 24.9 Å². The minimum Gasteiger partial charge on any atom is -0.471 e. The number of carbonyl (C=O) groups is 2. The van der Waals surface area contributed by atoms with Crippen molar-refractivity contribution in [2.45, 2.75) is 69.2 Å². The van der Waals surface area contributed by atoms with Crippen molar-refractivity contribution in [1.29, 1.82) is 0 Å². The van der Waals surface area contributed by atoms with Crippen molar-refractivity contribution >= 4 is 11.9 Å². The predicted molar refractivity (Wildman–Crippen MR) is 121 cm³/mol. The summed E-state index contributed by atoms with van der Waals surface area (Å²) in [6, 6.07) is 0. The van der Waals surface area contributed by atoms with Gasteiger partial charge in [0.05, 0.1) is 36.4 Å². The summed E-state index contributed by atoms with van der Waals surface area (Å²) >= 11 is 0. The first-order chi connectivity index (χ1) is 17.8. The van der Waals surface area contributed by atoms with Gasteiger partial charge >= 0.3 is 11.9 Å². The van der Waals surface area contributed by atoms with Crippen LogP contribution in [0.2, 0.25) is 0 Å². The first-order valence-electron chi connectivity index (χ1n) is 12.2. The minimum absolute atomic E-state index is 0.0863. The van der Waals surface area contributed by atoms with E-state index in [0.29, 0.717) is 30.6 Å². The van der Waals surface area contributed by atoms with Gasteiger partial charge in [0.2, 0.25) is 6.29 Å². The summed E-state index contributed by atoms with van der Waals surface area (Å²) in [5.41, 5.74) is 2.04. The molecule has 37 heavy (non-hydrogen) atoms. The Balaban J connectivity index is 1.28. The van der Waals surface area contributed by atoms with E-state index < -0.39 is 61.1 Å². The van der Waals surface area contributed by atoms with Crippen LogP contribution in [-0.2, 0) is 42.7 Å². The fourth-order valence-electron chi connectivity index (χ4n) is 5.04. The lowest BCUT2D eigenvalue weighted by molar-refractivity contribution is -0.340. The molecule has 1 fully saturated rings. The highest BCUT2D eigenvalue weighted by molar-refractivity contribution is 5.94. The summed E-state index contributed by atoms with van der Waals surface area (Å²) in [5.74, 6) is -1.65. The summed E-state index contributed by atoms with van der Waals surface area (Å²) in [4.78, 5) is 24.4. The van der Waals surface area contributed by atoms with Crippen LogP contribution >= 0.6 is 0 Å². The maximum Gasteiger partial charge on any atom is 0.341 e. The molecule has 0 aromatic carbocycles. The molecule has 3 N–H and O–H groups in total. The van der Waals surface area contributed by atoms with Crippen LogP contribution in [0.3, 0.4) is 0 Å². The van der Waals surface area contributed by atoms with Gasteiger partial charge in [-0.15, -0.1) is 6.58 Å². The average Bonchev–Trinajstić information content (AvgIpc) is 2.88. The van der Waals surface area contributed by atoms with Crippen LogP contribution in [0.1, 0.15) is 19.8 Å². The van der Waals surface area contributed by atoms with Gasteiger partial charge in [0, 0.05) is 6.42 Å². The van der Waals surface area contributed by atoms with Crippen molar-refractivity contribution in [2.75, 3.05) is 19.8 Å². The van der Waals surface area contributed by atoms with E-state index in [1.54, 1.807) is 6.08 Å². The molecule has 0 amide bonds. The number of esters is 2. The second-order valence-corrected chi connectivity index (χ2v) is 9.43. The highest BCUT2D eigenvalue weighted by atomic mass is 16.8. The number of carbonyl (C=O) groups excluding carboxylic acids is 2. The van der Waals surface area contributed by atoms with Crippen LogP contribution in [0, 0.1) is 5.92 Å². The van der Waals surface area contributed by atoms with E-state index in [4.69, 9.17) is 33.2 Å². The predicted octanol–water partition coefficient (Wildman–Crippen LogP) is -0.269. The van der Waals surface area contributed by atoms with Gasteiger partial charge in [-0.1, -0.05) is 6.08 Å². The second-order valence-electron chi connectivity index (χ2n) is 9.43. The van der Waals surface area contributed by atoms with Gasteiger partial charge in [0.15, 0.2) is 12.6 Å². The van der Waals surface area contributed by atoms with E-state index in [1.165, 1.54) is 12.3 Å². The number of hydrogen-bond donors (Lipinski definition) is 3. The summed E-state index contributed by atoms with van der Waals surface area (Å²) in [6.07, 6.45) is -4.00. The lowest BCUT2D eigenvalue weighted by atomic mass is 9.89. The Kier molecular flexibility index (Phi) is 7.50. The largest absolute Gasteiger partial charge is 0.471 e. The van der Waals surface area contributed by atoms with Gasteiger partial charge in [-0.25, -0.2) is 9.59 Å². The molecule has 0 aliphatic carbocycles. The lowest BCUT2D eigenvalue weighted by Crippen LogP contribution is -2.60. The van der Waals surface area contributed by atoms with Gasteiger partial charge in [0.25, 0.3) is 0 Å². The first kappa shape index (κ1) is 26.0. The van der Waals surface area contributed by atoms with E-state index in [9.17, 15) is 24.9 Å². The fraction of sp³-hybridized carbons (Fsp3) is 0.600. The highest BCUT2D eigenvalue weighted by Gasteiger charge is 2.48. The van der Waals surface area contributed by atoms with Gasteiger partial charge < -0.3 is 48.5 Å². The molecule has 5 heterocycles. The first-order valence-corrected chi connectivity index (χ1v) is 12.2. The molecule has 12 heteroatoms. The summed E-state index contributed by atoms with van der Waals surface area (Å²) in [5, 5.41) is 31.6. The quantitative estimate of drug-likeness (QED) is 0.310. The summed E-state index contributed by atoms with van der Waals surface area (Å²) in [6.45, 7) is 5.74. The van der Waals surface area contributed by atoms with Crippen LogP contribution in [-0.4, -0.2) is 96.5 Å². The maximum absolute atomic E-state index is 12.3. The van der Waals surface area contributed by atoms with Crippen molar-refractivity contribution in [1.82, 2.24) is 0 Å². The Morgan fingerprint density at radius 1 is 1.08 bits per heavy atom. The number of ether oxygens (including phenoxy) is 7. The van der Waals surface area contributed by atoms with E-state index in [2.05, 4.69) is 6.58 Å². The van der Waals surface area contributed by atoms with Crippen molar-refractivity contribution in [2.24, 2.45) is 5.92 Å². The van der Waals surface area contributed by atoms with E-state index >= 15 is 0 Å². The summed E-state index contributed by atoms with van der Waals surface area (Å²) < 4.78 is 38.9. The molecule has 12 nitrogen and oxygen atoms in total. The Labute approximate surface area is 212 Å². The molecule has 0 bridgehead atoms. The van der Waals surface area contributed by atoms with Crippen LogP contribution < -0.4 is 0 Å². The van der Waals surface area contributed by atoms with Gasteiger partial charge in [-0.3, -0.25) is 0 Å².